The number of sulfonamides is 1. The van der Waals surface area contributed by atoms with Gasteiger partial charge in [0.2, 0.25) is 0 Å². The number of thiocarbonyl (C=S) groups is 1. The Morgan fingerprint density at radius 3 is 2.14 bits per heavy atom. The first-order valence-corrected chi connectivity index (χ1v) is 11.6. The lowest BCUT2D eigenvalue weighted by molar-refractivity contribution is 0.428. The van der Waals surface area contributed by atoms with Gasteiger partial charge in [0, 0.05) is 15.7 Å². The van der Waals surface area contributed by atoms with Crippen LogP contribution in [-0.2, 0) is 10.0 Å². The van der Waals surface area contributed by atoms with E-state index in [4.69, 9.17) is 35.4 Å². The summed E-state index contributed by atoms with van der Waals surface area (Å²) in [5, 5.41) is 4.44. The van der Waals surface area contributed by atoms with Crippen molar-refractivity contribution in [1.29, 1.82) is 0 Å². The average Bonchev–Trinajstić information content (AvgIpc) is 2.68. The minimum Gasteiger partial charge on any atom is -0.335 e. The van der Waals surface area contributed by atoms with Crippen molar-refractivity contribution in [3.05, 3.63) is 75.4 Å². The van der Waals surface area contributed by atoms with Crippen molar-refractivity contribution < 1.29 is 8.42 Å². The number of nitrogens with one attached hydrogen (secondary N) is 1. The lowest BCUT2D eigenvalue weighted by atomic mass is 9.86. The highest BCUT2D eigenvalue weighted by Crippen LogP contribution is 2.42. The molecule has 0 radical (unpaired) electrons. The molecule has 0 saturated heterocycles. The zero-order valence-corrected chi connectivity index (χ0v) is 18.0. The van der Waals surface area contributed by atoms with Gasteiger partial charge in [0.1, 0.15) is 0 Å². The third kappa shape index (κ3) is 3.54. The van der Waals surface area contributed by atoms with E-state index in [1.165, 1.54) is 16.4 Å². The molecule has 0 aromatic heterocycles. The predicted octanol–water partition coefficient (Wildman–Crippen LogP) is 5.44. The molecule has 1 heterocycles. The number of hydrogen-bond acceptors (Lipinski definition) is 3. The van der Waals surface area contributed by atoms with E-state index in [9.17, 15) is 8.42 Å². The van der Waals surface area contributed by atoms with Crippen LogP contribution in [0.5, 0.6) is 0 Å². The lowest BCUT2D eigenvalue weighted by Crippen LogP contribution is -2.50. The Balaban J connectivity index is 1.88. The summed E-state index contributed by atoms with van der Waals surface area (Å²) in [5.74, 6) is 0. The Hall–Kier alpha value is -1.60. The zero-order chi connectivity index (χ0) is 19.9. The van der Waals surface area contributed by atoms with Crippen molar-refractivity contribution in [2.24, 2.45) is 0 Å². The molecule has 1 aliphatic carbocycles. The van der Waals surface area contributed by atoms with Crippen molar-refractivity contribution in [1.82, 2.24) is 9.62 Å². The maximum Gasteiger partial charge on any atom is 0.266 e. The smallest absolute Gasteiger partial charge is 0.266 e. The summed E-state index contributed by atoms with van der Waals surface area (Å²) in [7, 11) is -3.88. The van der Waals surface area contributed by atoms with Gasteiger partial charge in [-0.25, -0.2) is 12.7 Å². The van der Waals surface area contributed by atoms with Crippen molar-refractivity contribution in [3.8, 4) is 0 Å². The van der Waals surface area contributed by atoms with Gasteiger partial charge in [-0.05, 0) is 85.4 Å². The molecule has 4 nitrogen and oxygen atoms in total. The van der Waals surface area contributed by atoms with E-state index in [1.807, 2.05) is 12.1 Å². The molecule has 28 heavy (non-hydrogen) atoms. The van der Waals surface area contributed by atoms with Gasteiger partial charge in [0.15, 0.2) is 5.11 Å². The van der Waals surface area contributed by atoms with E-state index >= 15 is 0 Å². The molecule has 1 atom stereocenters. The molecule has 0 saturated carbocycles. The van der Waals surface area contributed by atoms with Gasteiger partial charge in [-0.15, -0.1) is 0 Å². The van der Waals surface area contributed by atoms with Crippen LogP contribution in [0.3, 0.4) is 0 Å². The zero-order valence-electron chi connectivity index (χ0n) is 14.9. The topological polar surface area (TPSA) is 49.4 Å². The quantitative estimate of drug-likeness (QED) is 0.629. The fraction of sp³-hybridized carbons (Fsp3) is 0.250. The van der Waals surface area contributed by atoms with Crippen LogP contribution >= 0.6 is 35.4 Å². The summed E-state index contributed by atoms with van der Waals surface area (Å²) in [4.78, 5) is 0.153. The van der Waals surface area contributed by atoms with Gasteiger partial charge in [-0.3, -0.25) is 0 Å². The van der Waals surface area contributed by atoms with Gasteiger partial charge in [-0.1, -0.05) is 35.3 Å². The van der Waals surface area contributed by atoms with Crippen molar-refractivity contribution in [2.45, 2.75) is 36.6 Å². The highest BCUT2D eigenvalue weighted by molar-refractivity contribution is 7.91. The van der Waals surface area contributed by atoms with E-state index in [2.05, 4.69) is 5.32 Å². The first-order chi connectivity index (χ1) is 13.4. The van der Waals surface area contributed by atoms with E-state index in [0.717, 1.165) is 42.5 Å². The van der Waals surface area contributed by atoms with Gasteiger partial charge < -0.3 is 5.32 Å². The van der Waals surface area contributed by atoms with Crippen LogP contribution in [0.15, 0.2) is 64.7 Å². The number of nitrogens with zero attached hydrogens (tertiary/aromatic N) is 1. The minimum atomic E-state index is -3.88. The molecule has 0 bridgehead atoms. The first kappa shape index (κ1) is 19.7. The van der Waals surface area contributed by atoms with Crippen LogP contribution in [0.2, 0.25) is 10.0 Å². The fourth-order valence-corrected chi connectivity index (χ4v) is 6.04. The number of hydrogen-bond donors (Lipinski definition) is 1. The molecular formula is C20H18Cl2N2O2S2. The Kier molecular flexibility index (Phi) is 5.40. The summed E-state index contributed by atoms with van der Waals surface area (Å²) in [6.45, 7) is 0. The van der Waals surface area contributed by atoms with E-state index in [0.29, 0.717) is 10.0 Å². The Morgan fingerprint density at radius 1 is 0.929 bits per heavy atom. The first-order valence-electron chi connectivity index (χ1n) is 8.96. The summed E-state index contributed by atoms with van der Waals surface area (Å²) in [5.41, 5.74) is 2.96. The molecule has 4 rings (SSSR count). The second-order valence-corrected chi connectivity index (χ2v) is 9.92. The van der Waals surface area contributed by atoms with Gasteiger partial charge in [-0.2, -0.15) is 0 Å². The molecule has 8 heteroatoms. The van der Waals surface area contributed by atoms with Gasteiger partial charge in [0.05, 0.1) is 10.9 Å². The van der Waals surface area contributed by atoms with Crippen LogP contribution < -0.4 is 5.32 Å². The number of allylic oxidation sites excluding steroid dienone is 1. The minimum absolute atomic E-state index is 0.153. The average molecular weight is 453 g/mol. The van der Waals surface area contributed by atoms with Crippen LogP contribution in [0, 0.1) is 0 Å². The molecule has 146 valence electrons. The summed E-state index contributed by atoms with van der Waals surface area (Å²) >= 11 is 17.5. The monoisotopic (exact) mass is 452 g/mol. The van der Waals surface area contributed by atoms with Crippen molar-refractivity contribution >= 4 is 50.6 Å². The molecule has 2 aliphatic rings. The molecule has 1 aliphatic heterocycles. The van der Waals surface area contributed by atoms with Gasteiger partial charge >= 0.3 is 0 Å². The number of benzene rings is 2. The van der Waals surface area contributed by atoms with Crippen molar-refractivity contribution in [2.75, 3.05) is 0 Å². The highest BCUT2D eigenvalue weighted by Gasteiger charge is 2.41. The third-order valence-electron chi connectivity index (χ3n) is 5.09. The second kappa shape index (κ2) is 7.67. The Labute approximate surface area is 180 Å². The maximum atomic E-state index is 13.5. The summed E-state index contributed by atoms with van der Waals surface area (Å²) in [6, 6.07) is 12.9. The second-order valence-electron chi connectivity index (χ2n) is 6.85. The summed E-state index contributed by atoms with van der Waals surface area (Å²) in [6.07, 6.45) is 3.77. The number of rotatable bonds is 3. The Morgan fingerprint density at radius 2 is 1.50 bits per heavy atom. The summed E-state index contributed by atoms with van der Waals surface area (Å²) < 4.78 is 28.4. The molecular weight excluding hydrogens is 435 g/mol. The maximum absolute atomic E-state index is 13.5. The van der Waals surface area contributed by atoms with Crippen LogP contribution in [0.25, 0.3) is 0 Å². The van der Waals surface area contributed by atoms with E-state index in [1.54, 1.807) is 24.3 Å². The van der Waals surface area contributed by atoms with Crippen LogP contribution in [0.1, 0.15) is 37.3 Å². The molecule has 0 spiro atoms. The molecule has 1 unspecified atom stereocenters. The predicted molar refractivity (Wildman–Crippen MR) is 116 cm³/mol. The number of halogens is 2. The van der Waals surface area contributed by atoms with Crippen LogP contribution in [0.4, 0.5) is 0 Å². The molecule has 2 aromatic carbocycles. The van der Waals surface area contributed by atoms with Crippen molar-refractivity contribution in [3.63, 3.8) is 0 Å². The van der Waals surface area contributed by atoms with Crippen LogP contribution in [-0.4, -0.2) is 17.8 Å². The fourth-order valence-electron chi connectivity index (χ4n) is 3.77. The Bertz CT molecular complexity index is 1050. The third-order valence-corrected chi connectivity index (χ3v) is 7.79. The standard InChI is InChI=1S/C20H18Cl2N2O2S2/c21-14-7-5-13(6-8-14)19-17-3-1-2-4-18(17)23-20(27)24(19)28(25,26)16-11-9-15(22)10-12-16/h5-12,19H,1-4H2,(H,23,27). The normalized spacial score (nSPS) is 20.0. The van der Waals surface area contributed by atoms with E-state index < -0.39 is 16.1 Å². The highest BCUT2D eigenvalue weighted by atomic mass is 35.5. The van der Waals surface area contributed by atoms with Gasteiger partial charge in [0.25, 0.3) is 10.0 Å². The molecule has 1 N–H and O–H groups in total. The lowest BCUT2D eigenvalue weighted by Gasteiger charge is -2.42. The SMILES string of the molecule is O=S(=O)(c1ccc(Cl)cc1)N1C(=S)NC2=C(CCCC2)C1c1ccc(Cl)cc1. The van der Waals surface area contributed by atoms with E-state index in [-0.39, 0.29) is 10.0 Å². The molecule has 2 aromatic rings. The molecule has 0 fully saturated rings. The molecule has 0 amide bonds. The largest absolute Gasteiger partial charge is 0.335 e.